The van der Waals surface area contributed by atoms with Gasteiger partial charge in [0.2, 0.25) is 0 Å². The van der Waals surface area contributed by atoms with Gasteiger partial charge in [-0.15, -0.1) is 0 Å². The summed E-state index contributed by atoms with van der Waals surface area (Å²) in [6.45, 7) is 0.386. The molecular weight excluding hydrogens is 276 g/mol. The van der Waals surface area contributed by atoms with E-state index >= 15 is 0 Å². The van der Waals surface area contributed by atoms with Crippen molar-refractivity contribution in [1.29, 1.82) is 0 Å². The fourth-order valence-corrected chi connectivity index (χ4v) is 3.45. The molecule has 1 aliphatic heterocycles. The Bertz CT molecular complexity index is 553. The summed E-state index contributed by atoms with van der Waals surface area (Å²) in [4.78, 5) is 26.0. The molecule has 106 valence electrons. The van der Waals surface area contributed by atoms with Gasteiger partial charge in [0.15, 0.2) is 0 Å². The van der Waals surface area contributed by atoms with Gasteiger partial charge in [0.1, 0.15) is 5.54 Å². The van der Waals surface area contributed by atoms with Crippen LogP contribution in [0.3, 0.4) is 0 Å². The summed E-state index contributed by atoms with van der Waals surface area (Å²) >= 11 is 6.17. The van der Waals surface area contributed by atoms with Crippen LogP contribution in [0, 0.1) is 0 Å². The van der Waals surface area contributed by atoms with Crippen LogP contribution in [0.2, 0.25) is 5.02 Å². The number of nitrogens with zero attached hydrogens (tertiary/aromatic N) is 1. The largest absolute Gasteiger partial charge is 0.325 e. The van der Waals surface area contributed by atoms with Crippen LogP contribution in [0.5, 0.6) is 0 Å². The minimum Gasteiger partial charge on any atom is -0.305 e. The number of carbonyl (C=O) groups excluding carboxylic acids is 2. The maximum atomic E-state index is 12.2. The Morgan fingerprint density at radius 1 is 1.15 bits per heavy atom. The normalized spacial score (nSPS) is 21.4. The molecule has 1 aromatic carbocycles. The molecule has 3 rings (SSSR count). The van der Waals surface area contributed by atoms with E-state index in [9.17, 15) is 9.59 Å². The summed E-state index contributed by atoms with van der Waals surface area (Å²) in [5.74, 6) is -0.144. The molecule has 2 fully saturated rings. The first kappa shape index (κ1) is 13.4. The number of carbonyl (C=O) groups is 2. The SMILES string of the molecule is O=C1NC(=O)C2(CCCCC2)N1Cc1ccccc1Cl. The molecule has 1 aromatic rings. The highest BCUT2D eigenvalue weighted by molar-refractivity contribution is 6.31. The highest BCUT2D eigenvalue weighted by Gasteiger charge is 2.52. The van der Waals surface area contributed by atoms with Crippen LogP contribution < -0.4 is 5.32 Å². The minimum absolute atomic E-state index is 0.144. The van der Waals surface area contributed by atoms with Crippen LogP contribution in [0.25, 0.3) is 0 Å². The molecule has 0 atom stereocenters. The lowest BCUT2D eigenvalue weighted by atomic mass is 9.80. The molecular formula is C15H17ClN2O2. The Morgan fingerprint density at radius 2 is 1.85 bits per heavy atom. The molecule has 1 N–H and O–H groups in total. The summed E-state index contributed by atoms with van der Waals surface area (Å²) < 4.78 is 0. The molecule has 1 heterocycles. The van der Waals surface area contributed by atoms with Crippen molar-refractivity contribution in [3.63, 3.8) is 0 Å². The number of rotatable bonds is 2. The molecule has 0 aromatic heterocycles. The van der Waals surface area contributed by atoms with E-state index in [1.807, 2.05) is 18.2 Å². The highest BCUT2D eigenvalue weighted by Crippen LogP contribution is 2.38. The fraction of sp³-hybridized carbons (Fsp3) is 0.467. The average molecular weight is 293 g/mol. The van der Waals surface area contributed by atoms with Crippen molar-refractivity contribution in [2.75, 3.05) is 0 Å². The zero-order valence-electron chi connectivity index (χ0n) is 11.2. The van der Waals surface area contributed by atoms with Gasteiger partial charge in [-0.1, -0.05) is 49.1 Å². The molecule has 2 aliphatic rings. The number of urea groups is 1. The van der Waals surface area contributed by atoms with Crippen molar-refractivity contribution in [1.82, 2.24) is 10.2 Å². The summed E-state index contributed by atoms with van der Waals surface area (Å²) in [6.07, 6.45) is 4.59. The van der Waals surface area contributed by atoms with Crippen molar-refractivity contribution in [2.45, 2.75) is 44.2 Å². The lowest BCUT2D eigenvalue weighted by Crippen LogP contribution is -2.50. The van der Waals surface area contributed by atoms with Gasteiger partial charge in [-0.05, 0) is 24.5 Å². The van der Waals surface area contributed by atoms with E-state index in [4.69, 9.17) is 11.6 Å². The van der Waals surface area contributed by atoms with E-state index in [1.54, 1.807) is 11.0 Å². The lowest BCUT2D eigenvalue weighted by Gasteiger charge is -2.38. The van der Waals surface area contributed by atoms with Crippen LogP contribution in [-0.4, -0.2) is 22.4 Å². The van der Waals surface area contributed by atoms with E-state index in [2.05, 4.69) is 5.32 Å². The van der Waals surface area contributed by atoms with Crippen molar-refractivity contribution >= 4 is 23.5 Å². The zero-order chi connectivity index (χ0) is 14.2. The lowest BCUT2D eigenvalue weighted by molar-refractivity contribution is -0.128. The first-order chi connectivity index (χ1) is 9.63. The maximum absolute atomic E-state index is 12.2. The van der Waals surface area contributed by atoms with Gasteiger partial charge in [-0.25, -0.2) is 4.79 Å². The minimum atomic E-state index is -0.658. The Labute approximate surface area is 123 Å². The van der Waals surface area contributed by atoms with Crippen LogP contribution >= 0.6 is 11.6 Å². The second-order valence-electron chi connectivity index (χ2n) is 5.53. The fourth-order valence-electron chi connectivity index (χ4n) is 3.25. The van der Waals surface area contributed by atoms with Crippen LogP contribution in [-0.2, 0) is 11.3 Å². The van der Waals surface area contributed by atoms with Crippen molar-refractivity contribution in [2.24, 2.45) is 0 Å². The van der Waals surface area contributed by atoms with Crippen LogP contribution in [0.1, 0.15) is 37.7 Å². The molecule has 1 spiro atoms. The van der Waals surface area contributed by atoms with E-state index in [-0.39, 0.29) is 11.9 Å². The van der Waals surface area contributed by atoms with E-state index in [0.29, 0.717) is 11.6 Å². The number of amides is 3. The molecule has 0 radical (unpaired) electrons. The second kappa shape index (κ2) is 5.09. The van der Waals surface area contributed by atoms with Gasteiger partial charge in [0.25, 0.3) is 5.91 Å². The zero-order valence-corrected chi connectivity index (χ0v) is 11.9. The van der Waals surface area contributed by atoms with Gasteiger partial charge in [-0.2, -0.15) is 0 Å². The number of imide groups is 1. The number of benzene rings is 1. The topological polar surface area (TPSA) is 49.4 Å². The molecule has 4 nitrogen and oxygen atoms in total. The predicted octanol–water partition coefficient (Wildman–Crippen LogP) is 3.09. The van der Waals surface area contributed by atoms with E-state index in [0.717, 1.165) is 37.7 Å². The average Bonchev–Trinajstić information content (AvgIpc) is 2.66. The molecule has 5 heteroatoms. The smallest absolute Gasteiger partial charge is 0.305 e. The first-order valence-corrected chi connectivity index (χ1v) is 7.38. The maximum Gasteiger partial charge on any atom is 0.325 e. The Kier molecular flexibility index (Phi) is 3.42. The van der Waals surface area contributed by atoms with Gasteiger partial charge in [0.05, 0.1) is 0 Å². The van der Waals surface area contributed by atoms with Crippen molar-refractivity contribution in [3.05, 3.63) is 34.9 Å². The molecule has 1 saturated carbocycles. The Morgan fingerprint density at radius 3 is 2.55 bits per heavy atom. The number of hydrogen-bond acceptors (Lipinski definition) is 2. The van der Waals surface area contributed by atoms with Crippen molar-refractivity contribution in [3.8, 4) is 0 Å². The third-order valence-electron chi connectivity index (χ3n) is 4.37. The van der Waals surface area contributed by atoms with Crippen LogP contribution in [0.15, 0.2) is 24.3 Å². The summed E-state index contributed by atoms with van der Waals surface area (Å²) in [5.41, 5.74) is 0.220. The summed E-state index contributed by atoms with van der Waals surface area (Å²) in [7, 11) is 0. The standard InChI is InChI=1S/C15H17ClN2O2/c16-12-7-3-2-6-11(12)10-18-14(20)17-13(19)15(18)8-4-1-5-9-15/h2-3,6-7H,1,4-5,8-10H2,(H,17,19,20). The van der Waals surface area contributed by atoms with E-state index < -0.39 is 5.54 Å². The highest BCUT2D eigenvalue weighted by atomic mass is 35.5. The third-order valence-corrected chi connectivity index (χ3v) is 4.74. The summed E-state index contributed by atoms with van der Waals surface area (Å²) in [6, 6.07) is 7.16. The number of nitrogens with one attached hydrogen (secondary N) is 1. The van der Waals surface area contributed by atoms with Gasteiger partial charge in [0, 0.05) is 11.6 Å². The summed E-state index contributed by atoms with van der Waals surface area (Å²) in [5, 5.41) is 3.10. The molecule has 0 bridgehead atoms. The third kappa shape index (κ3) is 2.08. The molecule has 1 saturated heterocycles. The van der Waals surface area contributed by atoms with Crippen molar-refractivity contribution < 1.29 is 9.59 Å². The molecule has 1 aliphatic carbocycles. The second-order valence-corrected chi connectivity index (χ2v) is 5.94. The van der Waals surface area contributed by atoms with Gasteiger partial charge < -0.3 is 4.90 Å². The molecule has 20 heavy (non-hydrogen) atoms. The Hall–Kier alpha value is -1.55. The predicted molar refractivity (Wildman–Crippen MR) is 76.3 cm³/mol. The van der Waals surface area contributed by atoms with Crippen LogP contribution in [0.4, 0.5) is 4.79 Å². The quantitative estimate of drug-likeness (QED) is 0.852. The number of halogens is 1. The monoisotopic (exact) mass is 292 g/mol. The Balaban J connectivity index is 1.91. The van der Waals surface area contributed by atoms with Gasteiger partial charge >= 0.3 is 6.03 Å². The number of hydrogen-bond donors (Lipinski definition) is 1. The molecule has 3 amide bonds. The molecule has 0 unspecified atom stereocenters. The van der Waals surface area contributed by atoms with E-state index in [1.165, 1.54) is 0 Å². The van der Waals surface area contributed by atoms with Gasteiger partial charge in [-0.3, -0.25) is 10.1 Å². The first-order valence-electron chi connectivity index (χ1n) is 7.00.